The highest BCUT2D eigenvalue weighted by Gasteiger charge is 2.34. The maximum Gasteiger partial charge on any atom is 0.411 e. The first kappa shape index (κ1) is 44.2. The van der Waals surface area contributed by atoms with E-state index in [4.69, 9.17) is 23.7 Å². The van der Waals surface area contributed by atoms with Crippen molar-refractivity contribution in [3.8, 4) is 5.75 Å². The largest absolute Gasteiger partial charge is 0.465 e. The van der Waals surface area contributed by atoms with E-state index in [1.165, 1.54) is 29.6 Å². The third kappa shape index (κ3) is 17.4. The molecule has 0 aliphatic rings. The van der Waals surface area contributed by atoms with E-state index in [1.807, 2.05) is 44.2 Å². The Labute approximate surface area is 306 Å². The van der Waals surface area contributed by atoms with Crippen molar-refractivity contribution in [2.24, 2.45) is 5.92 Å². The van der Waals surface area contributed by atoms with Crippen LogP contribution in [0.3, 0.4) is 0 Å². The number of hydrogen-bond donors (Lipinski definition) is 3. The fraction of sp³-hybridized carbons (Fsp3) is 0.600. The van der Waals surface area contributed by atoms with Crippen LogP contribution in [-0.4, -0.2) is 105 Å². The fourth-order valence-corrected chi connectivity index (χ4v) is 7.95. The molecule has 0 saturated carbocycles. The molecule has 288 valence electrons. The molecule has 0 heterocycles. The number of carbonyl (C=O) groups excluding carboxylic acids is 1. The molecule has 51 heavy (non-hydrogen) atoms. The lowest BCUT2D eigenvalue weighted by Gasteiger charge is -2.33. The molecule has 2 rings (SSSR count). The standard InChI is InChI=1S/C35H59N3O10SSi2/c1-27(2)23-38(24-33(48-26-46-18-20-51(7,8)9)30(36-34(39)40)21-28-13-11-10-12-14-28)49(42,43)29-15-16-32(31(22-29)37-35(41)44-3)47-25-45-17-19-50(4,5)6/h10-16,22,27,30,33,36H,17-21,23-26H2,1-9H3,(H,37,41)(H,39,40)/t30-,33-/m0/s1. The van der Waals surface area contributed by atoms with Gasteiger partial charge in [-0.15, -0.1) is 0 Å². The highest BCUT2D eigenvalue weighted by atomic mass is 32.2. The Hall–Kier alpha value is -3.00. The zero-order chi connectivity index (χ0) is 38.2. The van der Waals surface area contributed by atoms with Crippen molar-refractivity contribution >= 4 is 44.0 Å². The Morgan fingerprint density at radius 2 is 1.49 bits per heavy atom. The summed E-state index contributed by atoms with van der Waals surface area (Å²) in [5.41, 5.74) is 0.931. The summed E-state index contributed by atoms with van der Waals surface area (Å²) in [7, 11) is -5.74. The molecule has 0 fully saturated rings. The van der Waals surface area contributed by atoms with Crippen LogP contribution in [0.1, 0.15) is 19.4 Å². The summed E-state index contributed by atoms with van der Waals surface area (Å²) >= 11 is 0. The van der Waals surface area contributed by atoms with Crippen LogP contribution >= 0.6 is 0 Å². The number of benzene rings is 2. The van der Waals surface area contributed by atoms with Crippen molar-refractivity contribution in [2.45, 2.75) is 88.7 Å². The van der Waals surface area contributed by atoms with Crippen LogP contribution in [0.5, 0.6) is 5.75 Å². The molecular weight excluding hydrogens is 711 g/mol. The summed E-state index contributed by atoms with van der Waals surface area (Å²) < 4.78 is 58.3. The van der Waals surface area contributed by atoms with Gasteiger partial charge < -0.3 is 34.1 Å². The molecule has 0 aromatic heterocycles. The number of hydrogen-bond acceptors (Lipinski definition) is 9. The molecule has 13 nitrogen and oxygen atoms in total. The number of ether oxygens (including phenoxy) is 5. The molecule has 0 unspecified atom stereocenters. The van der Waals surface area contributed by atoms with Crippen LogP contribution in [0.15, 0.2) is 53.4 Å². The van der Waals surface area contributed by atoms with Gasteiger partial charge in [0.25, 0.3) is 0 Å². The van der Waals surface area contributed by atoms with E-state index in [0.29, 0.717) is 13.2 Å². The Morgan fingerprint density at radius 1 is 0.882 bits per heavy atom. The van der Waals surface area contributed by atoms with Crippen molar-refractivity contribution < 1.29 is 46.8 Å². The molecule has 2 aromatic rings. The number of nitrogens with zero attached hydrogens (tertiary/aromatic N) is 1. The highest BCUT2D eigenvalue weighted by molar-refractivity contribution is 7.89. The Kier molecular flexibility index (Phi) is 18.1. The molecule has 0 radical (unpaired) electrons. The van der Waals surface area contributed by atoms with E-state index >= 15 is 0 Å². The molecule has 0 aliphatic heterocycles. The SMILES string of the molecule is COC(=O)Nc1cc(S(=O)(=O)N(CC(C)C)C[C@H](OCOCC[Si](C)(C)C)[C@H](Cc2ccccc2)NC(=O)O)ccc1OCOCC[Si](C)(C)C. The number of nitrogens with one attached hydrogen (secondary N) is 2. The van der Waals surface area contributed by atoms with E-state index in [0.717, 1.165) is 17.7 Å². The van der Waals surface area contributed by atoms with Gasteiger partial charge in [-0.3, -0.25) is 5.32 Å². The lowest BCUT2D eigenvalue weighted by Crippen LogP contribution is -2.52. The molecular formula is C35H59N3O10SSi2. The van der Waals surface area contributed by atoms with Crippen LogP contribution in [-0.2, 0) is 35.4 Å². The second kappa shape index (κ2) is 20.9. The van der Waals surface area contributed by atoms with Crippen molar-refractivity contribution in [1.29, 1.82) is 0 Å². The van der Waals surface area contributed by atoms with Gasteiger partial charge in [-0.2, -0.15) is 4.31 Å². The van der Waals surface area contributed by atoms with E-state index < -0.39 is 50.5 Å². The predicted octanol–water partition coefficient (Wildman–Crippen LogP) is 6.78. The summed E-state index contributed by atoms with van der Waals surface area (Å²) in [5.74, 6) is 0.102. The number of carbonyl (C=O) groups is 2. The van der Waals surface area contributed by atoms with E-state index in [-0.39, 0.29) is 55.3 Å². The average Bonchev–Trinajstić information content (AvgIpc) is 3.02. The normalized spacial score (nSPS) is 13.5. The van der Waals surface area contributed by atoms with E-state index in [2.05, 4.69) is 49.9 Å². The summed E-state index contributed by atoms with van der Waals surface area (Å²) in [6, 6.07) is 14.5. The number of sulfonamides is 1. The molecule has 0 spiro atoms. The van der Waals surface area contributed by atoms with Crippen molar-refractivity contribution in [3.63, 3.8) is 0 Å². The second-order valence-corrected chi connectivity index (χ2v) is 28.4. The Balaban J connectivity index is 2.46. The molecule has 2 aromatic carbocycles. The summed E-state index contributed by atoms with van der Waals surface area (Å²) in [4.78, 5) is 24.2. The van der Waals surface area contributed by atoms with Gasteiger partial charge in [-0.05, 0) is 48.2 Å². The van der Waals surface area contributed by atoms with Gasteiger partial charge in [0.05, 0.1) is 29.8 Å². The van der Waals surface area contributed by atoms with Gasteiger partial charge in [-0.1, -0.05) is 83.5 Å². The van der Waals surface area contributed by atoms with Gasteiger partial charge in [0.1, 0.15) is 12.5 Å². The first-order valence-electron chi connectivity index (χ1n) is 17.2. The number of carboxylic acid groups (broad SMARTS) is 1. The van der Waals surface area contributed by atoms with Crippen molar-refractivity contribution in [3.05, 3.63) is 54.1 Å². The average molecular weight is 770 g/mol. The zero-order valence-electron chi connectivity index (χ0n) is 31.7. The Bertz CT molecular complexity index is 1470. The number of methoxy groups -OCH3 is 1. The van der Waals surface area contributed by atoms with Gasteiger partial charge in [0.15, 0.2) is 6.79 Å². The molecule has 16 heteroatoms. The third-order valence-corrected chi connectivity index (χ3v) is 12.9. The van der Waals surface area contributed by atoms with Crippen LogP contribution < -0.4 is 15.4 Å². The fourth-order valence-electron chi connectivity index (χ4n) is 4.80. The minimum atomic E-state index is -4.24. The van der Waals surface area contributed by atoms with Gasteiger partial charge >= 0.3 is 12.2 Å². The molecule has 2 atom stereocenters. The van der Waals surface area contributed by atoms with Crippen LogP contribution in [0.25, 0.3) is 0 Å². The minimum Gasteiger partial charge on any atom is -0.465 e. The molecule has 0 aliphatic carbocycles. The van der Waals surface area contributed by atoms with E-state index in [9.17, 15) is 23.1 Å². The zero-order valence-corrected chi connectivity index (χ0v) is 34.5. The predicted molar refractivity (Wildman–Crippen MR) is 205 cm³/mol. The maximum absolute atomic E-state index is 14.4. The van der Waals surface area contributed by atoms with E-state index in [1.54, 1.807) is 0 Å². The smallest absolute Gasteiger partial charge is 0.411 e. The lowest BCUT2D eigenvalue weighted by atomic mass is 10.0. The van der Waals surface area contributed by atoms with Gasteiger partial charge in [0, 0.05) is 42.5 Å². The quantitative estimate of drug-likeness (QED) is 0.0624. The molecule has 0 saturated heterocycles. The summed E-state index contributed by atoms with van der Waals surface area (Å²) in [6.07, 6.45) is -2.74. The first-order valence-corrected chi connectivity index (χ1v) is 26.1. The number of anilines is 1. The number of rotatable bonds is 23. The summed E-state index contributed by atoms with van der Waals surface area (Å²) in [5, 5.41) is 14.9. The second-order valence-electron chi connectivity index (χ2n) is 15.3. The van der Waals surface area contributed by atoms with Crippen molar-refractivity contribution in [2.75, 3.05) is 52.3 Å². The maximum atomic E-state index is 14.4. The molecule has 0 bridgehead atoms. The van der Waals surface area contributed by atoms with Crippen LogP contribution in [0, 0.1) is 5.92 Å². The van der Waals surface area contributed by atoms with Gasteiger partial charge in [0.2, 0.25) is 10.0 Å². The van der Waals surface area contributed by atoms with Crippen molar-refractivity contribution in [1.82, 2.24) is 9.62 Å². The molecule has 3 N–H and O–H groups in total. The van der Waals surface area contributed by atoms with Crippen LogP contribution in [0.2, 0.25) is 51.4 Å². The Morgan fingerprint density at radius 3 is 2.04 bits per heavy atom. The minimum absolute atomic E-state index is 0.0827. The monoisotopic (exact) mass is 769 g/mol. The summed E-state index contributed by atoms with van der Waals surface area (Å²) in [6.45, 7) is 17.9. The number of amides is 2. The third-order valence-electron chi connectivity index (χ3n) is 7.68. The highest BCUT2D eigenvalue weighted by Crippen LogP contribution is 2.30. The van der Waals surface area contributed by atoms with Crippen LogP contribution in [0.4, 0.5) is 15.3 Å². The topological polar surface area (TPSA) is 162 Å². The lowest BCUT2D eigenvalue weighted by molar-refractivity contribution is -0.0993. The molecule has 2 amide bonds. The van der Waals surface area contributed by atoms with Gasteiger partial charge in [-0.25, -0.2) is 18.0 Å². The first-order chi connectivity index (χ1) is 23.8.